The number of ether oxygens (including phenoxy) is 1. The molecule has 126 valence electrons. The van der Waals surface area contributed by atoms with Crippen molar-refractivity contribution in [2.24, 2.45) is 4.40 Å². The Morgan fingerprint density at radius 1 is 1.21 bits per heavy atom. The highest BCUT2D eigenvalue weighted by Crippen LogP contribution is 2.13. The summed E-state index contributed by atoms with van der Waals surface area (Å²) in [6.07, 6.45) is 4.38. The number of pyridine rings is 1. The lowest BCUT2D eigenvalue weighted by Crippen LogP contribution is -2.45. The summed E-state index contributed by atoms with van der Waals surface area (Å²) >= 11 is 0. The van der Waals surface area contributed by atoms with E-state index in [0.717, 1.165) is 11.8 Å². The number of aryl methyl sites for hydroxylation is 1. The van der Waals surface area contributed by atoms with Gasteiger partial charge in [-0.15, -0.1) is 0 Å². The molecule has 0 saturated carbocycles. The van der Waals surface area contributed by atoms with Gasteiger partial charge in [0.15, 0.2) is 12.4 Å². The quantitative estimate of drug-likeness (QED) is 0.454. The number of carbonyl (C=O) groups is 1. The maximum absolute atomic E-state index is 12.3. The highest BCUT2D eigenvalue weighted by atomic mass is 32.2. The molecule has 0 N–H and O–H groups in total. The molecule has 0 saturated heterocycles. The second kappa shape index (κ2) is 7.83. The molecular formula is C17H19N2O4S+. The summed E-state index contributed by atoms with van der Waals surface area (Å²) in [5.41, 5.74) is 0.946. The van der Waals surface area contributed by atoms with Gasteiger partial charge in [-0.05, 0) is 26.0 Å². The predicted molar refractivity (Wildman–Crippen MR) is 89.2 cm³/mol. The number of rotatable bonds is 6. The molecule has 24 heavy (non-hydrogen) atoms. The van der Waals surface area contributed by atoms with Crippen LogP contribution in [0.1, 0.15) is 18.5 Å². The molecule has 1 aromatic carbocycles. The Bertz CT molecular complexity index is 815. The molecule has 7 heteroatoms. The van der Waals surface area contributed by atoms with Crippen LogP contribution in [0, 0.1) is 6.92 Å². The predicted octanol–water partition coefficient (Wildman–Crippen LogP) is 1.85. The van der Waals surface area contributed by atoms with Crippen molar-refractivity contribution in [3.63, 3.8) is 0 Å². The van der Waals surface area contributed by atoms with Crippen LogP contribution in [0.3, 0.4) is 0 Å². The van der Waals surface area contributed by atoms with Gasteiger partial charge in [-0.3, -0.25) is 0 Å². The smallest absolute Gasteiger partial charge is 0.382 e. The van der Waals surface area contributed by atoms with Gasteiger partial charge < -0.3 is 4.74 Å². The second-order valence-electron chi connectivity index (χ2n) is 5.06. The molecule has 0 radical (unpaired) electrons. The van der Waals surface area contributed by atoms with Crippen LogP contribution in [-0.4, -0.2) is 27.2 Å². The van der Waals surface area contributed by atoms with Gasteiger partial charge in [0.2, 0.25) is 0 Å². The lowest BCUT2D eigenvalue weighted by atomic mass is 10.2. The molecular weight excluding hydrogens is 328 g/mol. The second-order valence-corrected chi connectivity index (χ2v) is 6.69. The van der Waals surface area contributed by atoms with Crippen molar-refractivity contribution in [1.29, 1.82) is 0 Å². The van der Waals surface area contributed by atoms with Crippen LogP contribution in [0.15, 0.2) is 64.2 Å². The van der Waals surface area contributed by atoms with E-state index in [0.29, 0.717) is 0 Å². The number of sulfonamides is 1. The molecule has 0 unspecified atom stereocenters. The van der Waals surface area contributed by atoms with E-state index in [2.05, 4.69) is 4.40 Å². The summed E-state index contributed by atoms with van der Waals surface area (Å²) in [5, 5.41) is 0. The van der Waals surface area contributed by atoms with Gasteiger partial charge in [0, 0.05) is 12.1 Å². The lowest BCUT2D eigenvalue weighted by Gasteiger charge is -2.07. The van der Waals surface area contributed by atoms with Crippen molar-refractivity contribution < 1.29 is 22.5 Å². The van der Waals surface area contributed by atoms with Crippen molar-refractivity contribution in [1.82, 2.24) is 0 Å². The monoisotopic (exact) mass is 347 g/mol. The van der Waals surface area contributed by atoms with Gasteiger partial charge in [0.25, 0.3) is 16.1 Å². The highest BCUT2D eigenvalue weighted by Gasteiger charge is 2.28. The Balaban J connectivity index is 2.33. The minimum Gasteiger partial charge on any atom is -0.461 e. The highest BCUT2D eigenvalue weighted by molar-refractivity contribution is 7.90. The number of esters is 1. The molecule has 0 spiro atoms. The van der Waals surface area contributed by atoms with Crippen LogP contribution in [-0.2, 0) is 19.6 Å². The van der Waals surface area contributed by atoms with Crippen LogP contribution in [0.25, 0.3) is 0 Å². The number of benzene rings is 1. The number of aromatic nitrogens is 1. The van der Waals surface area contributed by atoms with Crippen LogP contribution < -0.4 is 4.57 Å². The maximum atomic E-state index is 12.3. The van der Waals surface area contributed by atoms with Crippen molar-refractivity contribution >= 4 is 22.2 Å². The van der Waals surface area contributed by atoms with E-state index in [1.807, 2.05) is 6.92 Å². The standard InChI is InChI=1S/C17H19N2O4S/c1-3-23-17(20)16(19-11-5-4-6-12-19)13-18-24(21,22)15-9-7-14(2)8-10-15/h4-13,16H,3H2,1-2H3/q+1/t16-/m1/s1. The Hall–Kier alpha value is -2.54. The van der Waals surface area contributed by atoms with Gasteiger partial charge in [0.1, 0.15) is 0 Å². The number of hydrogen-bond donors (Lipinski definition) is 0. The van der Waals surface area contributed by atoms with E-state index in [9.17, 15) is 13.2 Å². The Kier molecular flexibility index (Phi) is 5.81. The molecule has 0 aliphatic rings. The maximum Gasteiger partial charge on any atom is 0.382 e. The first-order chi connectivity index (χ1) is 11.4. The van der Waals surface area contributed by atoms with Crippen LogP contribution >= 0.6 is 0 Å². The molecule has 0 aliphatic carbocycles. The van der Waals surface area contributed by atoms with Crippen LogP contribution in [0.4, 0.5) is 0 Å². The third kappa shape index (κ3) is 4.48. The zero-order chi connectivity index (χ0) is 17.6. The average Bonchev–Trinajstić information content (AvgIpc) is 2.56. The van der Waals surface area contributed by atoms with Gasteiger partial charge in [-0.1, -0.05) is 23.8 Å². The van der Waals surface area contributed by atoms with E-state index in [4.69, 9.17) is 4.74 Å². The van der Waals surface area contributed by atoms with E-state index in [1.54, 1.807) is 49.6 Å². The fourth-order valence-electron chi connectivity index (χ4n) is 1.99. The Labute approximate surface area is 141 Å². The first-order valence-electron chi connectivity index (χ1n) is 7.43. The van der Waals surface area contributed by atoms with E-state index in [-0.39, 0.29) is 11.5 Å². The number of carbonyl (C=O) groups excluding carboxylic acids is 1. The first-order valence-corrected chi connectivity index (χ1v) is 8.87. The zero-order valence-electron chi connectivity index (χ0n) is 13.5. The summed E-state index contributed by atoms with van der Waals surface area (Å²) in [4.78, 5) is 12.2. The molecule has 2 rings (SSSR count). The Morgan fingerprint density at radius 2 is 1.83 bits per heavy atom. The fourth-order valence-corrected chi connectivity index (χ4v) is 2.87. The van der Waals surface area contributed by atoms with Crippen molar-refractivity contribution in [3.05, 3.63) is 60.4 Å². The van der Waals surface area contributed by atoms with Crippen molar-refractivity contribution in [3.8, 4) is 0 Å². The third-order valence-electron chi connectivity index (χ3n) is 3.25. The normalized spacial score (nSPS) is 12.9. The Morgan fingerprint density at radius 3 is 2.42 bits per heavy atom. The lowest BCUT2D eigenvalue weighted by molar-refractivity contribution is -0.694. The summed E-state index contributed by atoms with van der Waals surface area (Å²) in [5.74, 6) is -0.573. The zero-order valence-corrected chi connectivity index (χ0v) is 14.3. The summed E-state index contributed by atoms with van der Waals surface area (Å²) < 4.78 is 34.8. The summed E-state index contributed by atoms with van der Waals surface area (Å²) in [6.45, 7) is 3.74. The minimum absolute atomic E-state index is 0.0741. The fraction of sp³-hybridized carbons (Fsp3) is 0.235. The molecule has 0 bridgehead atoms. The van der Waals surface area contributed by atoms with Crippen molar-refractivity contribution in [2.45, 2.75) is 24.8 Å². The minimum atomic E-state index is -3.88. The molecule has 1 atom stereocenters. The largest absolute Gasteiger partial charge is 0.461 e. The van der Waals surface area contributed by atoms with E-state index < -0.39 is 22.0 Å². The molecule has 2 aromatic rings. The SMILES string of the molecule is CCOC(=O)[C@@H](C=NS(=O)(=O)c1ccc(C)cc1)[n+]1ccccc1. The number of hydrogen-bond acceptors (Lipinski definition) is 4. The molecule has 0 fully saturated rings. The van der Waals surface area contributed by atoms with Gasteiger partial charge >= 0.3 is 5.97 Å². The molecule has 6 nitrogen and oxygen atoms in total. The number of nitrogens with zero attached hydrogens (tertiary/aromatic N) is 2. The van der Waals surface area contributed by atoms with Crippen molar-refractivity contribution in [2.75, 3.05) is 6.61 Å². The molecule has 0 amide bonds. The topological polar surface area (TPSA) is 76.7 Å². The van der Waals surface area contributed by atoms with Gasteiger partial charge in [0.05, 0.1) is 17.7 Å². The molecule has 0 aliphatic heterocycles. The van der Waals surface area contributed by atoms with Gasteiger partial charge in [-0.25, -0.2) is 4.79 Å². The van der Waals surface area contributed by atoms with E-state index >= 15 is 0 Å². The van der Waals surface area contributed by atoms with Crippen LogP contribution in [0.5, 0.6) is 0 Å². The van der Waals surface area contributed by atoms with E-state index in [1.165, 1.54) is 16.7 Å². The third-order valence-corrected chi connectivity index (χ3v) is 4.51. The van der Waals surface area contributed by atoms with Crippen LogP contribution in [0.2, 0.25) is 0 Å². The van der Waals surface area contributed by atoms with Gasteiger partial charge in [-0.2, -0.15) is 17.4 Å². The molecule has 1 heterocycles. The summed E-state index contributed by atoms with van der Waals surface area (Å²) in [6, 6.07) is 10.6. The molecule has 1 aromatic heterocycles. The first kappa shape index (κ1) is 17.8. The average molecular weight is 347 g/mol. The summed E-state index contributed by atoms with van der Waals surface area (Å²) in [7, 11) is -3.88.